The zero-order chi connectivity index (χ0) is 37.6. The molecule has 0 unspecified atom stereocenters. The number of aromatic nitrogens is 2. The number of hydrogen-bond acceptors (Lipinski definition) is 11. The highest BCUT2D eigenvalue weighted by molar-refractivity contribution is 14.1. The van der Waals surface area contributed by atoms with Crippen molar-refractivity contribution >= 4 is 91.4 Å². The Labute approximate surface area is 343 Å². The summed E-state index contributed by atoms with van der Waals surface area (Å²) in [6.07, 6.45) is 9.20. The first-order valence-corrected chi connectivity index (χ1v) is 18.7. The first kappa shape index (κ1) is 50.8. The van der Waals surface area contributed by atoms with Gasteiger partial charge >= 0.3 is 6.09 Å². The van der Waals surface area contributed by atoms with Crippen molar-refractivity contribution in [1.82, 2.24) is 25.5 Å². The Bertz CT molecular complexity index is 1270. The van der Waals surface area contributed by atoms with E-state index in [1.807, 2.05) is 18.2 Å². The number of nitrogens with one attached hydrogen (secondary N) is 2. The lowest BCUT2D eigenvalue weighted by Crippen LogP contribution is -2.39. The number of ether oxygens (including phenoxy) is 5. The molecule has 0 aromatic carbocycles. The molecule has 288 valence electrons. The molecule has 0 fully saturated rings. The summed E-state index contributed by atoms with van der Waals surface area (Å²) in [5.41, 5.74) is 4.64. The Hall–Kier alpha value is -2.30. The van der Waals surface area contributed by atoms with E-state index in [1.165, 1.54) is 17.1 Å². The van der Waals surface area contributed by atoms with Crippen LogP contribution >= 0.6 is 73.5 Å². The molecule has 2 aromatic heterocycles. The average Bonchev–Trinajstić information content (AvgIpc) is 3.07. The molecule has 0 saturated heterocycles. The molecule has 0 radical (unpaired) electrons. The van der Waals surface area contributed by atoms with Gasteiger partial charge < -0.3 is 45.0 Å². The lowest BCUT2D eigenvalue weighted by atomic mass is 10.2. The van der Waals surface area contributed by atoms with E-state index in [1.54, 1.807) is 65.6 Å². The maximum atomic E-state index is 12.4. The van der Waals surface area contributed by atoms with Crippen LogP contribution in [0.1, 0.15) is 20.8 Å². The molecule has 4 N–H and O–H groups in total. The monoisotopic (exact) mass is 1030 g/mol. The third kappa shape index (κ3) is 31.0. The fourth-order valence-corrected chi connectivity index (χ4v) is 3.84. The fraction of sp³-hybridized carbons (Fsp3) is 0.485. The SMILES string of the molecule is COCCNC(=O)/C=C/CBr.COCCNC(=O)/C=C/CN(CCOc1ccc(I)cn1)C(=O)OC(C)(C)C.Cl.NCCOc1ccc(I)cn1. The van der Waals surface area contributed by atoms with Crippen molar-refractivity contribution in [2.75, 3.05) is 78.7 Å². The molecular formula is C33H50BrClI2N6O8. The Morgan fingerprint density at radius 3 is 1.75 bits per heavy atom. The summed E-state index contributed by atoms with van der Waals surface area (Å²) in [7, 11) is 3.16. The van der Waals surface area contributed by atoms with Gasteiger partial charge in [0.2, 0.25) is 23.6 Å². The van der Waals surface area contributed by atoms with E-state index in [0.29, 0.717) is 56.5 Å². The van der Waals surface area contributed by atoms with Crippen molar-refractivity contribution in [2.24, 2.45) is 5.73 Å². The highest BCUT2D eigenvalue weighted by atomic mass is 127. The van der Waals surface area contributed by atoms with E-state index in [-0.39, 0.29) is 43.9 Å². The zero-order valence-electron chi connectivity index (χ0n) is 29.6. The van der Waals surface area contributed by atoms with Gasteiger partial charge in [-0.15, -0.1) is 12.4 Å². The van der Waals surface area contributed by atoms with Crippen LogP contribution in [0.5, 0.6) is 11.8 Å². The molecule has 3 amide bonds. The molecule has 0 spiro atoms. The van der Waals surface area contributed by atoms with Gasteiger partial charge in [-0.25, -0.2) is 14.8 Å². The summed E-state index contributed by atoms with van der Waals surface area (Å²) in [5, 5.41) is 6.02. The standard InChI is InChI=1S/C19H28IN3O5.C7H12BrNO2.C7H9IN2O.ClH/c1-19(2,3)28-18(25)23(10-5-6-16(24)21-9-12-26-4)11-13-27-17-8-7-15(20)14-22-17;1-11-6-5-9-7(10)3-2-4-8;8-6-1-2-7(10-5-6)11-4-3-9;/h5-8,14H,9-13H2,1-4H3,(H,21,24);2-3H,4-6H2,1H3,(H,9,10);1-2,5H,3-4,9H2;1H/b6-5+;3-2+;;. The molecule has 0 saturated carbocycles. The number of alkyl halides is 1. The quantitative estimate of drug-likeness (QED) is 0.0813. The summed E-state index contributed by atoms with van der Waals surface area (Å²) in [6, 6.07) is 7.43. The molecule has 0 bridgehead atoms. The Morgan fingerprint density at radius 1 is 0.843 bits per heavy atom. The lowest BCUT2D eigenvalue weighted by Gasteiger charge is -2.26. The Kier molecular flexibility index (Phi) is 32.2. The predicted molar refractivity (Wildman–Crippen MR) is 221 cm³/mol. The maximum Gasteiger partial charge on any atom is 0.410 e. The highest BCUT2D eigenvalue weighted by Crippen LogP contribution is 2.12. The van der Waals surface area contributed by atoms with Crippen LogP contribution in [0.25, 0.3) is 0 Å². The molecule has 2 heterocycles. The minimum Gasteiger partial charge on any atom is -0.476 e. The van der Waals surface area contributed by atoms with E-state index in [2.05, 4.69) is 81.7 Å². The van der Waals surface area contributed by atoms with Crippen molar-refractivity contribution in [3.05, 3.63) is 68.1 Å². The molecule has 0 aliphatic heterocycles. The van der Waals surface area contributed by atoms with E-state index in [0.717, 1.165) is 7.14 Å². The summed E-state index contributed by atoms with van der Waals surface area (Å²) < 4.78 is 27.9. The molecule has 0 aliphatic carbocycles. The van der Waals surface area contributed by atoms with Crippen LogP contribution in [0.15, 0.2) is 61.0 Å². The normalized spacial score (nSPS) is 10.5. The van der Waals surface area contributed by atoms with Gasteiger partial charge in [0.15, 0.2) is 0 Å². The van der Waals surface area contributed by atoms with Crippen LogP contribution in [-0.4, -0.2) is 117 Å². The summed E-state index contributed by atoms with van der Waals surface area (Å²) in [5.74, 6) is 0.788. The van der Waals surface area contributed by atoms with Crippen molar-refractivity contribution in [3.63, 3.8) is 0 Å². The van der Waals surface area contributed by atoms with Crippen LogP contribution in [0.2, 0.25) is 0 Å². The lowest BCUT2D eigenvalue weighted by molar-refractivity contribution is -0.117. The number of hydrogen-bond donors (Lipinski definition) is 3. The second-order valence-electron chi connectivity index (χ2n) is 10.6. The minimum atomic E-state index is -0.616. The number of nitrogens with zero attached hydrogens (tertiary/aromatic N) is 3. The molecule has 18 heteroatoms. The predicted octanol–water partition coefficient (Wildman–Crippen LogP) is 4.77. The summed E-state index contributed by atoms with van der Waals surface area (Å²) >= 11 is 7.52. The Balaban J connectivity index is 0. The van der Waals surface area contributed by atoms with Crippen LogP contribution in [0.3, 0.4) is 0 Å². The van der Waals surface area contributed by atoms with Gasteiger partial charge in [0.25, 0.3) is 0 Å². The number of nitrogens with two attached hydrogens (primary N) is 1. The second kappa shape index (κ2) is 32.4. The van der Waals surface area contributed by atoms with Gasteiger partial charge in [0.05, 0.1) is 19.8 Å². The number of halogens is 4. The van der Waals surface area contributed by atoms with Crippen molar-refractivity contribution in [2.45, 2.75) is 26.4 Å². The fourth-order valence-electron chi connectivity index (χ4n) is 3.01. The third-order valence-corrected chi connectivity index (χ3v) is 6.85. The van der Waals surface area contributed by atoms with Gasteiger partial charge in [-0.2, -0.15) is 0 Å². The number of carbonyl (C=O) groups is 3. The average molecular weight is 1030 g/mol. The second-order valence-corrected chi connectivity index (χ2v) is 13.7. The summed E-state index contributed by atoms with van der Waals surface area (Å²) in [6.45, 7) is 9.17. The van der Waals surface area contributed by atoms with Crippen LogP contribution in [0.4, 0.5) is 4.79 Å². The number of carbonyl (C=O) groups excluding carboxylic acids is 3. The van der Waals surface area contributed by atoms with Gasteiger partial charge in [0.1, 0.15) is 18.8 Å². The van der Waals surface area contributed by atoms with Crippen molar-refractivity contribution < 1.29 is 38.1 Å². The first-order chi connectivity index (χ1) is 23.8. The maximum absolute atomic E-state index is 12.4. The number of rotatable bonds is 18. The van der Waals surface area contributed by atoms with E-state index in [9.17, 15) is 14.4 Å². The van der Waals surface area contributed by atoms with Crippen molar-refractivity contribution in [1.29, 1.82) is 0 Å². The molecule has 14 nitrogen and oxygen atoms in total. The highest BCUT2D eigenvalue weighted by Gasteiger charge is 2.21. The third-order valence-electron chi connectivity index (χ3n) is 5.20. The minimum absolute atomic E-state index is 0. The number of methoxy groups -OCH3 is 2. The Morgan fingerprint density at radius 2 is 1.33 bits per heavy atom. The number of allylic oxidation sites excluding steroid dienone is 1. The van der Waals surface area contributed by atoms with E-state index >= 15 is 0 Å². The van der Waals surface area contributed by atoms with Crippen LogP contribution in [-0.2, 0) is 23.8 Å². The van der Waals surface area contributed by atoms with Crippen molar-refractivity contribution in [3.8, 4) is 11.8 Å². The van der Waals surface area contributed by atoms with E-state index < -0.39 is 11.7 Å². The molecule has 2 rings (SSSR count). The molecule has 0 atom stereocenters. The van der Waals surface area contributed by atoms with Crippen LogP contribution in [0, 0.1) is 7.14 Å². The molecule has 2 aromatic rings. The number of amides is 3. The van der Waals surface area contributed by atoms with Gasteiger partial charge in [0, 0.05) is 83.5 Å². The van der Waals surface area contributed by atoms with Gasteiger partial charge in [-0.3, -0.25) is 9.59 Å². The topological polar surface area (TPSA) is 176 Å². The number of pyridine rings is 2. The summed E-state index contributed by atoms with van der Waals surface area (Å²) in [4.78, 5) is 44.6. The van der Waals surface area contributed by atoms with E-state index in [4.69, 9.17) is 29.4 Å². The first-order valence-electron chi connectivity index (χ1n) is 15.4. The van der Waals surface area contributed by atoms with Gasteiger partial charge in [-0.1, -0.05) is 28.1 Å². The van der Waals surface area contributed by atoms with Gasteiger partial charge in [-0.05, 0) is 84.2 Å². The molecule has 0 aliphatic rings. The smallest absolute Gasteiger partial charge is 0.410 e. The molecule has 51 heavy (non-hydrogen) atoms. The molecular weight excluding hydrogens is 978 g/mol. The largest absolute Gasteiger partial charge is 0.476 e. The van der Waals surface area contributed by atoms with Crippen LogP contribution < -0.4 is 25.8 Å². The zero-order valence-corrected chi connectivity index (χ0v) is 36.3.